The number of carbonyl (C=O) groups is 2. The number of carbonyl (C=O) groups excluding carboxylic acids is 2. The van der Waals surface area contributed by atoms with Gasteiger partial charge in [0.25, 0.3) is 0 Å². The number of nitrogens with one attached hydrogen (secondary N) is 1. The van der Waals surface area contributed by atoms with Crippen molar-refractivity contribution in [3.8, 4) is 0 Å². The first kappa shape index (κ1) is 19.1. The number of hydrogen-bond acceptors (Lipinski definition) is 4. The molecule has 142 valence electrons. The Labute approximate surface area is 159 Å². The molecular formula is C21H25N3O3. The van der Waals surface area contributed by atoms with Gasteiger partial charge in [-0.15, -0.1) is 0 Å². The minimum atomic E-state index is -0.484. The zero-order valence-corrected chi connectivity index (χ0v) is 15.4. The van der Waals surface area contributed by atoms with E-state index in [1.807, 2.05) is 18.2 Å². The average molecular weight is 367 g/mol. The third kappa shape index (κ3) is 5.39. The second kappa shape index (κ2) is 8.79. The van der Waals surface area contributed by atoms with Gasteiger partial charge in [-0.05, 0) is 36.8 Å². The highest BCUT2D eigenvalue weighted by atomic mass is 16.5. The molecule has 1 fully saturated rings. The number of rotatable bonds is 6. The molecule has 0 radical (unpaired) electrons. The van der Waals surface area contributed by atoms with Crippen LogP contribution in [0.15, 0.2) is 54.6 Å². The Bertz CT molecular complexity index is 777. The Kier molecular flexibility index (Phi) is 6.21. The number of primary amides is 1. The minimum Gasteiger partial charge on any atom is -0.368 e. The van der Waals surface area contributed by atoms with Crippen molar-refractivity contribution in [1.29, 1.82) is 0 Å². The summed E-state index contributed by atoms with van der Waals surface area (Å²) in [6.07, 6.45) is 0.541. The van der Waals surface area contributed by atoms with E-state index in [1.165, 1.54) is 0 Å². The molecule has 6 heteroatoms. The van der Waals surface area contributed by atoms with E-state index in [9.17, 15) is 9.59 Å². The maximum Gasteiger partial charge on any atom is 0.248 e. The zero-order chi connectivity index (χ0) is 19.2. The first-order chi connectivity index (χ1) is 13.0. The van der Waals surface area contributed by atoms with Crippen molar-refractivity contribution in [2.75, 3.05) is 25.0 Å². The molecule has 3 N–H and O–H groups in total. The highest BCUT2D eigenvalue weighted by molar-refractivity contribution is 5.94. The molecular weight excluding hydrogens is 342 g/mol. The molecule has 0 saturated carbocycles. The highest BCUT2D eigenvalue weighted by Crippen LogP contribution is 2.25. The molecule has 27 heavy (non-hydrogen) atoms. The summed E-state index contributed by atoms with van der Waals surface area (Å²) in [6, 6.07) is 16.7. The SMILES string of the molecule is CC1CN(CCC(=O)Nc2ccc(C(N)=O)cc2)CC(c2ccccc2)O1. The lowest BCUT2D eigenvalue weighted by molar-refractivity contribution is -0.118. The molecule has 0 aliphatic carbocycles. The predicted molar refractivity (Wildman–Crippen MR) is 104 cm³/mol. The van der Waals surface area contributed by atoms with Crippen LogP contribution in [0.5, 0.6) is 0 Å². The van der Waals surface area contributed by atoms with E-state index in [2.05, 4.69) is 29.3 Å². The molecule has 0 bridgehead atoms. The van der Waals surface area contributed by atoms with E-state index in [4.69, 9.17) is 10.5 Å². The molecule has 2 atom stereocenters. The number of ether oxygens (including phenoxy) is 1. The molecule has 1 saturated heterocycles. The van der Waals surface area contributed by atoms with Gasteiger partial charge >= 0.3 is 0 Å². The molecule has 2 aromatic carbocycles. The number of amides is 2. The molecule has 1 heterocycles. The molecule has 6 nitrogen and oxygen atoms in total. The van der Waals surface area contributed by atoms with Gasteiger partial charge in [-0.25, -0.2) is 0 Å². The van der Waals surface area contributed by atoms with Crippen LogP contribution in [0.1, 0.15) is 35.4 Å². The molecule has 2 unspecified atom stereocenters. The molecule has 2 amide bonds. The Hall–Kier alpha value is -2.70. The molecule has 2 aromatic rings. The van der Waals surface area contributed by atoms with Gasteiger partial charge in [0, 0.05) is 37.3 Å². The Morgan fingerprint density at radius 1 is 1.11 bits per heavy atom. The molecule has 1 aliphatic rings. The summed E-state index contributed by atoms with van der Waals surface area (Å²) >= 11 is 0. The van der Waals surface area contributed by atoms with Crippen molar-refractivity contribution in [2.24, 2.45) is 5.73 Å². The van der Waals surface area contributed by atoms with Gasteiger partial charge in [-0.3, -0.25) is 14.5 Å². The fourth-order valence-electron chi connectivity index (χ4n) is 3.27. The topological polar surface area (TPSA) is 84.7 Å². The lowest BCUT2D eigenvalue weighted by Gasteiger charge is -2.37. The van der Waals surface area contributed by atoms with Gasteiger partial charge < -0.3 is 15.8 Å². The standard InChI is InChI=1S/C21H25N3O3/c1-15-13-24(14-19(27-15)16-5-3-2-4-6-16)12-11-20(25)23-18-9-7-17(8-10-18)21(22)26/h2-10,15,19H,11-14H2,1H3,(H2,22,26)(H,23,25). The van der Waals surface area contributed by atoms with E-state index in [1.54, 1.807) is 24.3 Å². The number of anilines is 1. The summed E-state index contributed by atoms with van der Waals surface area (Å²) in [7, 11) is 0. The maximum atomic E-state index is 12.2. The molecule has 0 aromatic heterocycles. The normalized spacial score (nSPS) is 20.2. The second-order valence-electron chi connectivity index (χ2n) is 6.85. The van der Waals surface area contributed by atoms with E-state index in [0.717, 1.165) is 18.7 Å². The van der Waals surface area contributed by atoms with Crippen molar-refractivity contribution in [3.05, 3.63) is 65.7 Å². The summed E-state index contributed by atoms with van der Waals surface area (Å²) in [5.41, 5.74) is 7.45. The Morgan fingerprint density at radius 2 is 1.81 bits per heavy atom. The predicted octanol–water partition coefficient (Wildman–Crippen LogP) is 2.58. The number of nitrogens with zero attached hydrogens (tertiary/aromatic N) is 1. The molecule has 0 spiro atoms. The van der Waals surface area contributed by atoms with Crippen LogP contribution < -0.4 is 11.1 Å². The van der Waals surface area contributed by atoms with Gasteiger partial charge in [0.05, 0.1) is 12.2 Å². The Balaban J connectivity index is 1.51. The number of benzene rings is 2. The van der Waals surface area contributed by atoms with Crippen LogP contribution in [-0.2, 0) is 9.53 Å². The molecule has 3 rings (SSSR count). The van der Waals surface area contributed by atoms with Crippen molar-refractivity contribution in [2.45, 2.75) is 25.6 Å². The molecule has 1 aliphatic heterocycles. The summed E-state index contributed by atoms with van der Waals surface area (Å²) < 4.78 is 6.06. The van der Waals surface area contributed by atoms with Crippen LogP contribution in [0.3, 0.4) is 0 Å². The van der Waals surface area contributed by atoms with Crippen LogP contribution in [0.25, 0.3) is 0 Å². The van der Waals surface area contributed by atoms with Crippen molar-refractivity contribution >= 4 is 17.5 Å². The van der Waals surface area contributed by atoms with Gasteiger partial charge in [0.15, 0.2) is 0 Å². The maximum absolute atomic E-state index is 12.2. The lowest BCUT2D eigenvalue weighted by atomic mass is 10.1. The second-order valence-corrected chi connectivity index (χ2v) is 6.85. The summed E-state index contributed by atoms with van der Waals surface area (Å²) in [6.45, 7) is 4.31. The smallest absolute Gasteiger partial charge is 0.248 e. The van der Waals surface area contributed by atoms with Crippen LogP contribution in [-0.4, -0.2) is 42.5 Å². The highest BCUT2D eigenvalue weighted by Gasteiger charge is 2.26. The van der Waals surface area contributed by atoms with Gasteiger partial charge in [-0.1, -0.05) is 30.3 Å². The fourth-order valence-corrected chi connectivity index (χ4v) is 3.27. The van der Waals surface area contributed by atoms with Crippen molar-refractivity contribution in [3.63, 3.8) is 0 Å². The largest absolute Gasteiger partial charge is 0.368 e. The van der Waals surface area contributed by atoms with Gasteiger partial charge in [0.2, 0.25) is 11.8 Å². The summed E-state index contributed by atoms with van der Waals surface area (Å²) in [5.74, 6) is -0.542. The van der Waals surface area contributed by atoms with Crippen LogP contribution >= 0.6 is 0 Å². The van der Waals surface area contributed by atoms with E-state index >= 15 is 0 Å². The van der Waals surface area contributed by atoms with E-state index in [0.29, 0.717) is 24.2 Å². The Morgan fingerprint density at radius 3 is 2.48 bits per heavy atom. The van der Waals surface area contributed by atoms with Crippen LogP contribution in [0.4, 0.5) is 5.69 Å². The van der Waals surface area contributed by atoms with Crippen LogP contribution in [0.2, 0.25) is 0 Å². The van der Waals surface area contributed by atoms with Crippen LogP contribution in [0, 0.1) is 0 Å². The average Bonchev–Trinajstić information content (AvgIpc) is 2.67. The van der Waals surface area contributed by atoms with Crippen molar-refractivity contribution < 1.29 is 14.3 Å². The first-order valence-electron chi connectivity index (χ1n) is 9.14. The quantitative estimate of drug-likeness (QED) is 0.822. The summed E-state index contributed by atoms with van der Waals surface area (Å²) in [4.78, 5) is 25.6. The number of morpholine rings is 1. The number of nitrogens with two attached hydrogens (primary N) is 1. The van der Waals surface area contributed by atoms with E-state index < -0.39 is 5.91 Å². The third-order valence-corrected chi connectivity index (χ3v) is 4.62. The minimum absolute atomic E-state index is 0.0272. The lowest BCUT2D eigenvalue weighted by Crippen LogP contribution is -2.43. The monoisotopic (exact) mass is 367 g/mol. The zero-order valence-electron chi connectivity index (χ0n) is 15.4. The van der Waals surface area contributed by atoms with Gasteiger partial charge in [-0.2, -0.15) is 0 Å². The first-order valence-corrected chi connectivity index (χ1v) is 9.14. The van der Waals surface area contributed by atoms with Crippen molar-refractivity contribution in [1.82, 2.24) is 4.90 Å². The summed E-state index contributed by atoms with van der Waals surface area (Å²) in [5, 5.41) is 2.85. The van der Waals surface area contributed by atoms with E-state index in [-0.39, 0.29) is 18.1 Å². The number of hydrogen-bond donors (Lipinski definition) is 2. The fraction of sp³-hybridized carbons (Fsp3) is 0.333. The van der Waals surface area contributed by atoms with Gasteiger partial charge in [0.1, 0.15) is 0 Å². The third-order valence-electron chi connectivity index (χ3n) is 4.62.